The van der Waals surface area contributed by atoms with Gasteiger partial charge >= 0.3 is 5.97 Å². The Morgan fingerprint density at radius 1 is 1.05 bits per heavy atom. The molecule has 0 aliphatic rings. The molecule has 0 aliphatic carbocycles. The Bertz CT molecular complexity index is 693. The van der Waals surface area contributed by atoms with E-state index in [0.29, 0.717) is 11.1 Å². The van der Waals surface area contributed by atoms with Gasteiger partial charge in [0.05, 0.1) is 0 Å². The summed E-state index contributed by atoms with van der Waals surface area (Å²) in [6.07, 6.45) is 0. The molecule has 4 nitrogen and oxygen atoms in total. The maximum Gasteiger partial charge on any atom is 0.339 e. The predicted octanol–water partition coefficient (Wildman–Crippen LogP) is 2.89. The number of aromatic carboxylic acids is 1. The van der Waals surface area contributed by atoms with Gasteiger partial charge in [-0.05, 0) is 29.3 Å². The zero-order chi connectivity index (χ0) is 15.6. The summed E-state index contributed by atoms with van der Waals surface area (Å²) in [4.78, 5) is 24.4. The third-order valence-corrected chi connectivity index (χ3v) is 3.08. The molecule has 108 valence electrons. The first kappa shape index (κ1) is 14.7. The fraction of sp³-hybridized carbons (Fsp3) is 0.125. The maximum absolute atomic E-state index is 13.7. The second-order valence-electron chi connectivity index (χ2n) is 4.74. The van der Waals surface area contributed by atoms with Crippen molar-refractivity contribution in [1.82, 2.24) is 4.90 Å². The summed E-state index contributed by atoms with van der Waals surface area (Å²) in [6.45, 7) is 0. The van der Waals surface area contributed by atoms with E-state index in [1.165, 1.54) is 17.0 Å². The van der Waals surface area contributed by atoms with Crippen molar-refractivity contribution in [2.45, 2.75) is 0 Å². The van der Waals surface area contributed by atoms with Crippen LogP contribution in [0.3, 0.4) is 0 Å². The van der Waals surface area contributed by atoms with Gasteiger partial charge in [-0.2, -0.15) is 0 Å². The molecule has 0 radical (unpaired) electrons. The highest BCUT2D eigenvalue weighted by atomic mass is 19.1. The molecule has 0 saturated heterocycles. The maximum atomic E-state index is 13.7. The van der Waals surface area contributed by atoms with Crippen molar-refractivity contribution in [3.05, 3.63) is 59.4 Å². The SMILES string of the molecule is CN(C)C(=O)c1ccc(-c2cccc(F)c2C(=O)O)cc1. The highest BCUT2D eigenvalue weighted by Crippen LogP contribution is 2.26. The standard InChI is InChI=1S/C16H14FNO3/c1-18(2)15(19)11-8-6-10(7-9-11)12-4-3-5-13(17)14(12)16(20)21/h3-9H,1-2H3,(H,20,21). The third kappa shape index (κ3) is 2.91. The van der Waals surface area contributed by atoms with Gasteiger partial charge in [-0.15, -0.1) is 0 Å². The number of halogens is 1. The van der Waals surface area contributed by atoms with Crippen LogP contribution in [0, 0.1) is 5.82 Å². The molecule has 0 aromatic heterocycles. The number of benzene rings is 2. The highest BCUT2D eigenvalue weighted by Gasteiger charge is 2.17. The molecule has 0 heterocycles. The third-order valence-electron chi connectivity index (χ3n) is 3.08. The lowest BCUT2D eigenvalue weighted by molar-refractivity contribution is 0.0692. The largest absolute Gasteiger partial charge is 0.478 e. The van der Waals surface area contributed by atoms with Gasteiger partial charge < -0.3 is 10.0 Å². The van der Waals surface area contributed by atoms with Crippen LogP contribution >= 0.6 is 0 Å². The molecule has 2 rings (SSSR count). The van der Waals surface area contributed by atoms with E-state index in [4.69, 9.17) is 5.11 Å². The molecule has 0 fully saturated rings. The van der Waals surface area contributed by atoms with Gasteiger partial charge in [-0.3, -0.25) is 4.79 Å². The Morgan fingerprint density at radius 2 is 1.67 bits per heavy atom. The molecule has 2 aromatic rings. The summed E-state index contributed by atoms with van der Waals surface area (Å²) in [6, 6.07) is 10.5. The quantitative estimate of drug-likeness (QED) is 0.944. The van der Waals surface area contributed by atoms with E-state index >= 15 is 0 Å². The van der Waals surface area contributed by atoms with Crippen molar-refractivity contribution < 1.29 is 19.1 Å². The summed E-state index contributed by atoms with van der Waals surface area (Å²) in [5.41, 5.74) is 0.940. The molecule has 1 amide bonds. The van der Waals surface area contributed by atoms with Gasteiger partial charge in [0.1, 0.15) is 11.4 Å². The second kappa shape index (κ2) is 5.75. The van der Waals surface area contributed by atoms with Gasteiger partial charge in [0.2, 0.25) is 0 Å². The van der Waals surface area contributed by atoms with Crippen LogP contribution in [0.1, 0.15) is 20.7 Å². The highest BCUT2D eigenvalue weighted by molar-refractivity contribution is 5.97. The molecule has 5 heteroatoms. The van der Waals surface area contributed by atoms with Crippen molar-refractivity contribution in [1.29, 1.82) is 0 Å². The Hall–Kier alpha value is -2.69. The number of nitrogens with zero attached hydrogens (tertiary/aromatic N) is 1. The summed E-state index contributed by atoms with van der Waals surface area (Å²) in [7, 11) is 3.29. The van der Waals surface area contributed by atoms with Crippen molar-refractivity contribution in [3.63, 3.8) is 0 Å². The van der Waals surface area contributed by atoms with Crippen LogP contribution in [0.25, 0.3) is 11.1 Å². The predicted molar refractivity (Wildman–Crippen MR) is 76.8 cm³/mol. The monoisotopic (exact) mass is 287 g/mol. The number of carboxylic acids is 1. The summed E-state index contributed by atoms with van der Waals surface area (Å²) < 4.78 is 13.7. The molecular weight excluding hydrogens is 273 g/mol. The number of carbonyl (C=O) groups is 2. The molecule has 0 atom stereocenters. The molecule has 2 aromatic carbocycles. The molecule has 21 heavy (non-hydrogen) atoms. The average Bonchev–Trinajstić information content (AvgIpc) is 2.46. The fourth-order valence-electron chi connectivity index (χ4n) is 2.03. The zero-order valence-electron chi connectivity index (χ0n) is 11.6. The van der Waals surface area contributed by atoms with Crippen LogP contribution in [-0.4, -0.2) is 36.0 Å². The first-order chi connectivity index (χ1) is 9.91. The summed E-state index contributed by atoms with van der Waals surface area (Å²) in [5, 5.41) is 9.12. The Balaban J connectivity index is 2.47. The average molecular weight is 287 g/mol. The van der Waals surface area contributed by atoms with Crippen LogP contribution < -0.4 is 0 Å². The normalized spacial score (nSPS) is 10.2. The van der Waals surface area contributed by atoms with Crippen LogP contribution in [0.2, 0.25) is 0 Å². The minimum absolute atomic E-state index is 0.153. The lowest BCUT2D eigenvalue weighted by Crippen LogP contribution is -2.21. The van der Waals surface area contributed by atoms with E-state index in [1.54, 1.807) is 38.4 Å². The summed E-state index contributed by atoms with van der Waals surface area (Å²) >= 11 is 0. The van der Waals surface area contributed by atoms with E-state index in [9.17, 15) is 14.0 Å². The molecule has 0 saturated carbocycles. The van der Waals surface area contributed by atoms with E-state index in [0.717, 1.165) is 6.07 Å². The molecular formula is C16H14FNO3. The number of amides is 1. The second-order valence-corrected chi connectivity index (χ2v) is 4.74. The van der Waals surface area contributed by atoms with Gasteiger partial charge in [0.25, 0.3) is 5.91 Å². The number of carbonyl (C=O) groups excluding carboxylic acids is 1. The van der Waals surface area contributed by atoms with Crippen molar-refractivity contribution in [2.24, 2.45) is 0 Å². The first-order valence-corrected chi connectivity index (χ1v) is 6.25. The zero-order valence-corrected chi connectivity index (χ0v) is 11.6. The smallest absolute Gasteiger partial charge is 0.339 e. The fourth-order valence-corrected chi connectivity index (χ4v) is 2.03. The van der Waals surface area contributed by atoms with E-state index < -0.39 is 11.8 Å². The van der Waals surface area contributed by atoms with Crippen molar-refractivity contribution in [3.8, 4) is 11.1 Å². The molecule has 1 N–H and O–H groups in total. The lowest BCUT2D eigenvalue weighted by atomic mass is 9.98. The summed E-state index contributed by atoms with van der Waals surface area (Å²) in [5.74, 6) is -2.26. The van der Waals surface area contributed by atoms with E-state index in [2.05, 4.69) is 0 Å². The number of rotatable bonds is 3. The minimum atomic E-state index is -1.32. The molecule has 0 aliphatic heterocycles. The first-order valence-electron chi connectivity index (χ1n) is 6.25. The van der Waals surface area contributed by atoms with Gasteiger partial charge in [-0.25, -0.2) is 9.18 Å². The molecule has 0 unspecified atom stereocenters. The van der Waals surface area contributed by atoms with Crippen LogP contribution in [0.4, 0.5) is 4.39 Å². The number of hydrogen-bond donors (Lipinski definition) is 1. The molecule has 0 spiro atoms. The van der Waals surface area contributed by atoms with E-state index in [1.807, 2.05) is 0 Å². The Kier molecular flexibility index (Phi) is 4.03. The Morgan fingerprint density at radius 3 is 2.19 bits per heavy atom. The minimum Gasteiger partial charge on any atom is -0.478 e. The van der Waals surface area contributed by atoms with Gasteiger partial charge in [0, 0.05) is 19.7 Å². The van der Waals surface area contributed by atoms with Crippen molar-refractivity contribution in [2.75, 3.05) is 14.1 Å². The topological polar surface area (TPSA) is 57.6 Å². The van der Waals surface area contributed by atoms with Crippen LogP contribution in [-0.2, 0) is 0 Å². The van der Waals surface area contributed by atoms with Crippen LogP contribution in [0.5, 0.6) is 0 Å². The lowest BCUT2D eigenvalue weighted by Gasteiger charge is -2.11. The van der Waals surface area contributed by atoms with Crippen LogP contribution in [0.15, 0.2) is 42.5 Å². The molecule has 0 bridgehead atoms. The number of hydrogen-bond acceptors (Lipinski definition) is 2. The van der Waals surface area contributed by atoms with Crippen molar-refractivity contribution >= 4 is 11.9 Å². The number of carboxylic acid groups (broad SMARTS) is 1. The van der Waals surface area contributed by atoms with Gasteiger partial charge in [0.15, 0.2) is 0 Å². The van der Waals surface area contributed by atoms with E-state index in [-0.39, 0.29) is 17.0 Å². The van der Waals surface area contributed by atoms with Gasteiger partial charge in [-0.1, -0.05) is 24.3 Å². The Labute approximate surface area is 121 Å².